The lowest BCUT2D eigenvalue weighted by molar-refractivity contribution is 0.354. The van der Waals surface area contributed by atoms with Crippen LogP contribution < -0.4 is 20.8 Å². The Morgan fingerprint density at radius 3 is 2.81 bits per heavy atom. The van der Waals surface area contributed by atoms with E-state index in [1.807, 2.05) is 24.3 Å². The summed E-state index contributed by atoms with van der Waals surface area (Å²) in [6, 6.07) is 11.0. The van der Waals surface area contributed by atoms with Gasteiger partial charge in [0.05, 0.1) is 25.1 Å². The van der Waals surface area contributed by atoms with E-state index < -0.39 is 0 Å². The average molecular weight is 363 g/mol. The van der Waals surface area contributed by atoms with Crippen molar-refractivity contribution < 1.29 is 9.47 Å². The summed E-state index contributed by atoms with van der Waals surface area (Å²) in [7, 11) is 3.23. The number of hydrogen-bond donors (Lipinski definition) is 1. The van der Waals surface area contributed by atoms with Crippen LogP contribution in [0.5, 0.6) is 11.5 Å². The molecule has 1 aliphatic heterocycles. The number of methoxy groups -OCH3 is 2. The van der Waals surface area contributed by atoms with Crippen LogP contribution in [0.2, 0.25) is 0 Å². The third-order valence-electron chi connectivity index (χ3n) is 4.86. The molecule has 138 valence electrons. The molecule has 0 amide bonds. The zero-order valence-electron chi connectivity index (χ0n) is 15.4. The molecule has 1 aliphatic rings. The first kappa shape index (κ1) is 17.1. The third-order valence-corrected chi connectivity index (χ3v) is 4.86. The van der Waals surface area contributed by atoms with E-state index in [0.29, 0.717) is 40.5 Å². The van der Waals surface area contributed by atoms with Gasteiger partial charge in [0.1, 0.15) is 5.82 Å². The summed E-state index contributed by atoms with van der Waals surface area (Å²) in [5, 5.41) is 0.591. The Kier molecular flexibility index (Phi) is 4.32. The summed E-state index contributed by atoms with van der Waals surface area (Å²) < 4.78 is 12.7. The molecule has 3 aromatic rings. The zero-order valence-corrected chi connectivity index (χ0v) is 15.4. The number of nitrogen functional groups attached to an aromatic ring is 1. The van der Waals surface area contributed by atoms with Crippen LogP contribution in [0.1, 0.15) is 24.2 Å². The molecular formula is C21H21N3O3. The van der Waals surface area contributed by atoms with Crippen molar-refractivity contribution >= 4 is 28.2 Å². The Morgan fingerprint density at radius 2 is 2.04 bits per heavy atom. The number of para-hydroxylation sites is 1. The number of benzene rings is 2. The van der Waals surface area contributed by atoms with Gasteiger partial charge in [0.2, 0.25) is 0 Å². The van der Waals surface area contributed by atoms with Crippen molar-refractivity contribution in [3.05, 3.63) is 58.1 Å². The Morgan fingerprint density at radius 1 is 1.19 bits per heavy atom. The minimum absolute atomic E-state index is 0.0294. The van der Waals surface area contributed by atoms with E-state index in [1.54, 1.807) is 37.0 Å². The number of nitrogens with zero attached hydrogens (tertiary/aromatic N) is 2. The lowest BCUT2D eigenvalue weighted by atomic mass is 10.0. The Labute approximate surface area is 156 Å². The highest BCUT2D eigenvalue weighted by Gasteiger charge is 2.20. The SMILES string of the molecule is COc1cccc(C=C2CCCn3c2nc2cc(N)ccc2c3=O)c1OC. The van der Waals surface area contributed by atoms with E-state index in [4.69, 9.17) is 20.2 Å². The van der Waals surface area contributed by atoms with E-state index in [2.05, 4.69) is 0 Å². The van der Waals surface area contributed by atoms with Crippen LogP contribution in [-0.2, 0) is 6.54 Å². The molecule has 2 N–H and O–H groups in total. The van der Waals surface area contributed by atoms with Crippen molar-refractivity contribution in [3.63, 3.8) is 0 Å². The molecule has 2 heterocycles. The molecule has 0 saturated heterocycles. The molecule has 0 aliphatic carbocycles. The Hall–Kier alpha value is -3.28. The maximum Gasteiger partial charge on any atom is 0.261 e. The number of rotatable bonds is 3. The van der Waals surface area contributed by atoms with Gasteiger partial charge in [-0.05, 0) is 48.8 Å². The molecule has 0 atom stereocenters. The lowest BCUT2D eigenvalue weighted by Crippen LogP contribution is -2.27. The maximum absolute atomic E-state index is 12.9. The minimum atomic E-state index is -0.0294. The molecular weight excluding hydrogens is 342 g/mol. The number of ether oxygens (including phenoxy) is 2. The van der Waals surface area contributed by atoms with Crippen molar-refractivity contribution in [1.29, 1.82) is 0 Å². The number of aromatic nitrogens is 2. The van der Waals surface area contributed by atoms with E-state index in [0.717, 1.165) is 24.0 Å². The van der Waals surface area contributed by atoms with Crippen LogP contribution >= 0.6 is 0 Å². The molecule has 27 heavy (non-hydrogen) atoms. The topological polar surface area (TPSA) is 79.4 Å². The second-order valence-electron chi connectivity index (χ2n) is 6.52. The van der Waals surface area contributed by atoms with Gasteiger partial charge in [-0.25, -0.2) is 4.98 Å². The first-order valence-corrected chi connectivity index (χ1v) is 8.84. The van der Waals surface area contributed by atoms with Crippen molar-refractivity contribution in [3.8, 4) is 11.5 Å². The van der Waals surface area contributed by atoms with Gasteiger partial charge >= 0.3 is 0 Å². The van der Waals surface area contributed by atoms with E-state index >= 15 is 0 Å². The van der Waals surface area contributed by atoms with Crippen LogP contribution in [0.3, 0.4) is 0 Å². The van der Waals surface area contributed by atoms with Crippen LogP contribution in [0.15, 0.2) is 41.2 Å². The number of hydrogen-bond acceptors (Lipinski definition) is 5. The van der Waals surface area contributed by atoms with Gasteiger partial charge in [-0.15, -0.1) is 0 Å². The highest BCUT2D eigenvalue weighted by atomic mass is 16.5. The first-order valence-electron chi connectivity index (χ1n) is 8.84. The van der Waals surface area contributed by atoms with Crippen molar-refractivity contribution in [2.45, 2.75) is 19.4 Å². The molecule has 4 rings (SSSR count). The quantitative estimate of drug-likeness (QED) is 0.722. The summed E-state index contributed by atoms with van der Waals surface area (Å²) >= 11 is 0. The Balaban J connectivity index is 1.93. The lowest BCUT2D eigenvalue weighted by Gasteiger charge is -2.21. The first-order chi connectivity index (χ1) is 13.1. The standard InChI is InChI=1S/C21H21N3O3/c1-26-18-7-3-5-13(19(18)27-2)11-14-6-4-10-24-20(14)23-17-12-15(22)8-9-16(17)21(24)25/h3,5,7-9,11-12H,4,6,10,22H2,1-2H3. The number of anilines is 1. The number of allylic oxidation sites excluding steroid dienone is 1. The molecule has 0 spiro atoms. The molecule has 6 nitrogen and oxygen atoms in total. The molecule has 2 aromatic carbocycles. The van der Waals surface area contributed by atoms with Crippen molar-refractivity contribution in [1.82, 2.24) is 9.55 Å². The van der Waals surface area contributed by atoms with E-state index in [1.165, 1.54) is 0 Å². The second-order valence-corrected chi connectivity index (χ2v) is 6.52. The maximum atomic E-state index is 12.9. The van der Waals surface area contributed by atoms with Crippen LogP contribution in [0, 0.1) is 0 Å². The molecule has 6 heteroatoms. The molecule has 0 saturated carbocycles. The van der Waals surface area contributed by atoms with Crippen molar-refractivity contribution in [2.75, 3.05) is 20.0 Å². The fourth-order valence-electron chi connectivity index (χ4n) is 3.58. The predicted molar refractivity (Wildman–Crippen MR) is 107 cm³/mol. The molecule has 0 fully saturated rings. The largest absolute Gasteiger partial charge is 0.493 e. The highest BCUT2D eigenvalue weighted by molar-refractivity contribution is 5.86. The predicted octanol–water partition coefficient (Wildman–Crippen LogP) is 3.33. The highest BCUT2D eigenvalue weighted by Crippen LogP contribution is 2.35. The minimum Gasteiger partial charge on any atom is -0.493 e. The zero-order chi connectivity index (χ0) is 19.0. The summed E-state index contributed by atoms with van der Waals surface area (Å²) in [5.41, 5.74) is 8.95. The van der Waals surface area contributed by atoms with Gasteiger partial charge in [-0.3, -0.25) is 9.36 Å². The molecule has 0 radical (unpaired) electrons. The third kappa shape index (κ3) is 2.93. The van der Waals surface area contributed by atoms with Gasteiger partial charge in [0.15, 0.2) is 11.5 Å². The van der Waals surface area contributed by atoms with Crippen LogP contribution in [-0.4, -0.2) is 23.8 Å². The molecule has 0 unspecified atom stereocenters. The number of nitrogens with two attached hydrogens (primary N) is 1. The van der Waals surface area contributed by atoms with Gasteiger partial charge in [0, 0.05) is 17.8 Å². The summed E-state index contributed by atoms with van der Waals surface area (Å²) in [6.45, 7) is 0.661. The van der Waals surface area contributed by atoms with Gasteiger partial charge in [0.25, 0.3) is 5.56 Å². The molecule has 0 bridgehead atoms. The van der Waals surface area contributed by atoms with Gasteiger partial charge < -0.3 is 15.2 Å². The fraction of sp³-hybridized carbons (Fsp3) is 0.238. The van der Waals surface area contributed by atoms with E-state index in [-0.39, 0.29) is 5.56 Å². The van der Waals surface area contributed by atoms with Gasteiger partial charge in [-0.2, -0.15) is 0 Å². The summed E-state index contributed by atoms with van der Waals surface area (Å²) in [4.78, 5) is 17.7. The van der Waals surface area contributed by atoms with E-state index in [9.17, 15) is 4.79 Å². The summed E-state index contributed by atoms with van der Waals surface area (Å²) in [5.74, 6) is 2.02. The normalized spacial score (nSPS) is 15.0. The van der Waals surface area contributed by atoms with Crippen LogP contribution in [0.4, 0.5) is 5.69 Å². The summed E-state index contributed by atoms with van der Waals surface area (Å²) in [6.07, 6.45) is 3.74. The van der Waals surface area contributed by atoms with Gasteiger partial charge in [-0.1, -0.05) is 12.1 Å². The Bertz CT molecular complexity index is 1120. The van der Waals surface area contributed by atoms with Crippen LogP contribution in [0.25, 0.3) is 22.6 Å². The smallest absolute Gasteiger partial charge is 0.261 e. The molecule has 1 aromatic heterocycles. The fourth-order valence-corrected chi connectivity index (χ4v) is 3.58. The average Bonchev–Trinajstić information content (AvgIpc) is 2.68. The second kappa shape index (κ2) is 6.79. The number of fused-ring (bicyclic) bond motifs is 2. The monoisotopic (exact) mass is 363 g/mol. The van der Waals surface area contributed by atoms with Crippen molar-refractivity contribution in [2.24, 2.45) is 0 Å².